The third-order valence-corrected chi connectivity index (χ3v) is 5.78. The minimum atomic E-state index is -0.576. The molecule has 0 atom stereocenters. The number of nitrogens with zero attached hydrogens (tertiary/aromatic N) is 4. The van der Waals surface area contributed by atoms with Gasteiger partial charge in [-0.2, -0.15) is 0 Å². The Morgan fingerprint density at radius 2 is 1.97 bits per heavy atom. The summed E-state index contributed by atoms with van der Waals surface area (Å²) >= 11 is 0. The first-order valence-electron chi connectivity index (χ1n) is 10.4. The number of nitrogens with two attached hydrogens (primary N) is 1. The van der Waals surface area contributed by atoms with Gasteiger partial charge in [-0.05, 0) is 50.7 Å². The Kier molecular flexibility index (Phi) is 5.87. The molecule has 8 nitrogen and oxygen atoms in total. The lowest BCUT2D eigenvalue weighted by molar-refractivity contribution is -0.122. The first kappa shape index (κ1) is 20.2. The highest BCUT2D eigenvalue weighted by atomic mass is 19.1. The highest BCUT2D eigenvalue weighted by Gasteiger charge is 2.26. The number of aromatic nitrogens is 3. The van der Waals surface area contributed by atoms with Gasteiger partial charge < -0.3 is 11.1 Å². The zero-order valence-corrected chi connectivity index (χ0v) is 16.7. The van der Waals surface area contributed by atoms with Crippen LogP contribution in [0.15, 0.2) is 24.4 Å². The highest BCUT2D eigenvalue weighted by molar-refractivity contribution is 5.93. The molecule has 2 aliphatic rings. The van der Waals surface area contributed by atoms with Crippen molar-refractivity contribution in [1.82, 2.24) is 15.0 Å². The summed E-state index contributed by atoms with van der Waals surface area (Å²) in [6.07, 6.45) is 6.41. The number of nitrogens with one attached hydrogen (secondary N) is 1. The Hall–Kier alpha value is -3.10. The molecule has 3 heterocycles. The summed E-state index contributed by atoms with van der Waals surface area (Å²) < 4.78 is 14.5. The summed E-state index contributed by atoms with van der Waals surface area (Å²) in [6, 6.07) is 5.27. The number of pyridine rings is 1. The van der Waals surface area contributed by atoms with Gasteiger partial charge in [0.15, 0.2) is 5.82 Å². The van der Waals surface area contributed by atoms with Crippen LogP contribution in [0.1, 0.15) is 44.9 Å². The molecule has 0 bridgehead atoms. The maximum absolute atomic E-state index is 14.5. The highest BCUT2D eigenvalue weighted by Crippen LogP contribution is 2.27. The van der Waals surface area contributed by atoms with E-state index in [2.05, 4.69) is 20.3 Å². The molecule has 0 radical (unpaired) electrons. The number of amides is 2. The Bertz CT molecular complexity index is 945. The van der Waals surface area contributed by atoms with Crippen LogP contribution >= 0.6 is 0 Å². The van der Waals surface area contributed by atoms with Crippen molar-refractivity contribution < 1.29 is 14.0 Å². The number of hydrogen-bond donors (Lipinski definition) is 2. The molecule has 4 rings (SSSR count). The summed E-state index contributed by atoms with van der Waals surface area (Å²) in [6.45, 7) is 0.613. The fourth-order valence-electron chi connectivity index (χ4n) is 4.07. The van der Waals surface area contributed by atoms with Gasteiger partial charge in [-0.15, -0.1) is 0 Å². The smallest absolute Gasteiger partial charge is 0.228 e. The number of halogens is 1. The van der Waals surface area contributed by atoms with Crippen LogP contribution in [0.4, 0.5) is 16.2 Å². The lowest BCUT2D eigenvalue weighted by Gasteiger charge is -2.27. The average molecular weight is 412 g/mol. The summed E-state index contributed by atoms with van der Waals surface area (Å²) in [5, 5.41) is 3.23. The molecular weight excluding hydrogens is 387 g/mol. The monoisotopic (exact) mass is 412 g/mol. The number of hydrogen-bond acceptors (Lipinski definition) is 6. The van der Waals surface area contributed by atoms with Gasteiger partial charge >= 0.3 is 0 Å². The summed E-state index contributed by atoms with van der Waals surface area (Å²) in [4.78, 5) is 38.1. The second kappa shape index (κ2) is 8.73. The van der Waals surface area contributed by atoms with Crippen LogP contribution in [0.25, 0.3) is 11.4 Å². The van der Waals surface area contributed by atoms with Gasteiger partial charge in [-0.25, -0.2) is 19.3 Å². The quantitative estimate of drug-likeness (QED) is 0.780. The SMILES string of the molecule is NC(=O)C1CCC(Nc2ncc(F)c(-c3cccc(N4CCCCC4=O)n3)n2)CC1. The van der Waals surface area contributed by atoms with Crippen molar-refractivity contribution >= 4 is 23.6 Å². The Morgan fingerprint density at radius 3 is 2.70 bits per heavy atom. The second-order valence-electron chi connectivity index (χ2n) is 7.87. The van der Waals surface area contributed by atoms with Crippen molar-refractivity contribution in [1.29, 1.82) is 0 Å². The van der Waals surface area contributed by atoms with E-state index in [4.69, 9.17) is 5.73 Å². The molecule has 0 unspecified atom stereocenters. The molecule has 30 heavy (non-hydrogen) atoms. The van der Waals surface area contributed by atoms with Gasteiger partial charge in [0.1, 0.15) is 11.5 Å². The fraction of sp³-hybridized carbons (Fsp3) is 0.476. The largest absolute Gasteiger partial charge is 0.369 e. The predicted octanol–water partition coefficient (Wildman–Crippen LogP) is 2.65. The predicted molar refractivity (Wildman–Crippen MR) is 110 cm³/mol. The minimum absolute atomic E-state index is 0.0305. The number of carbonyl (C=O) groups excluding carboxylic acids is 2. The maximum atomic E-state index is 14.5. The molecule has 1 aliphatic heterocycles. The molecule has 0 spiro atoms. The van der Waals surface area contributed by atoms with Gasteiger partial charge in [0, 0.05) is 24.9 Å². The molecule has 1 saturated heterocycles. The van der Waals surface area contributed by atoms with Gasteiger partial charge in [-0.3, -0.25) is 14.5 Å². The molecule has 2 fully saturated rings. The zero-order chi connectivity index (χ0) is 21.1. The van der Waals surface area contributed by atoms with Crippen molar-refractivity contribution in [3.05, 3.63) is 30.2 Å². The number of piperidine rings is 1. The van der Waals surface area contributed by atoms with Gasteiger partial charge in [0.25, 0.3) is 0 Å². The molecule has 2 amide bonds. The fourth-order valence-corrected chi connectivity index (χ4v) is 4.07. The van der Waals surface area contributed by atoms with Crippen LogP contribution in [0, 0.1) is 11.7 Å². The van der Waals surface area contributed by atoms with E-state index in [1.54, 1.807) is 23.1 Å². The van der Waals surface area contributed by atoms with Crippen molar-refractivity contribution in [3.63, 3.8) is 0 Å². The van der Waals surface area contributed by atoms with Crippen LogP contribution in [-0.2, 0) is 9.59 Å². The van der Waals surface area contributed by atoms with E-state index < -0.39 is 5.82 Å². The second-order valence-corrected chi connectivity index (χ2v) is 7.87. The minimum Gasteiger partial charge on any atom is -0.369 e. The van der Waals surface area contributed by atoms with E-state index in [-0.39, 0.29) is 29.5 Å². The van der Waals surface area contributed by atoms with E-state index in [1.807, 2.05) is 0 Å². The van der Waals surface area contributed by atoms with Crippen molar-refractivity contribution in [2.75, 3.05) is 16.8 Å². The Labute approximate surface area is 174 Å². The molecule has 1 aliphatic carbocycles. The van der Waals surface area contributed by atoms with Crippen molar-refractivity contribution in [2.24, 2.45) is 11.7 Å². The third-order valence-electron chi connectivity index (χ3n) is 5.78. The van der Waals surface area contributed by atoms with Gasteiger partial charge in [-0.1, -0.05) is 6.07 Å². The zero-order valence-electron chi connectivity index (χ0n) is 16.7. The van der Waals surface area contributed by atoms with Gasteiger partial charge in [0.2, 0.25) is 17.8 Å². The van der Waals surface area contributed by atoms with Crippen LogP contribution in [-0.4, -0.2) is 39.4 Å². The van der Waals surface area contributed by atoms with E-state index in [1.165, 1.54) is 0 Å². The van der Waals surface area contributed by atoms with E-state index >= 15 is 0 Å². The molecule has 2 aromatic rings. The summed E-state index contributed by atoms with van der Waals surface area (Å²) in [7, 11) is 0. The standard InChI is InChI=1S/C21H25FN6O2/c22-15-12-24-21(25-14-9-7-13(8-10-14)20(23)30)27-19(15)16-4-3-5-17(26-16)28-11-2-1-6-18(28)29/h3-5,12-14H,1-2,6-11H2,(H2,23,30)(H,24,25,27). The van der Waals surface area contributed by atoms with Crippen LogP contribution in [0.3, 0.4) is 0 Å². The molecule has 158 valence electrons. The molecule has 9 heteroatoms. The van der Waals surface area contributed by atoms with Crippen LogP contribution in [0.2, 0.25) is 0 Å². The van der Waals surface area contributed by atoms with Crippen LogP contribution in [0.5, 0.6) is 0 Å². The van der Waals surface area contributed by atoms with E-state index in [9.17, 15) is 14.0 Å². The maximum Gasteiger partial charge on any atom is 0.228 e. The molecule has 3 N–H and O–H groups in total. The Morgan fingerprint density at radius 1 is 1.17 bits per heavy atom. The number of anilines is 2. The Balaban J connectivity index is 1.52. The topological polar surface area (TPSA) is 114 Å². The number of primary amides is 1. The van der Waals surface area contributed by atoms with E-state index in [0.717, 1.165) is 31.9 Å². The average Bonchev–Trinajstić information content (AvgIpc) is 2.76. The first-order valence-corrected chi connectivity index (χ1v) is 10.4. The summed E-state index contributed by atoms with van der Waals surface area (Å²) in [5.74, 6) is -0.0654. The van der Waals surface area contributed by atoms with Crippen LogP contribution < -0.4 is 16.0 Å². The number of carbonyl (C=O) groups is 2. The van der Waals surface area contributed by atoms with Crippen molar-refractivity contribution in [3.8, 4) is 11.4 Å². The third kappa shape index (κ3) is 4.39. The molecule has 0 aromatic carbocycles. The summed E-state index contributed by atoms with van der Waals surface area (Å²) in [5.41, 5.74) is 5.82. The van der Waals surface area contributed by atoms with E-state index in [0.29, 0.717) is 43.3 Å². The van der Waals surface area contributed by atoms with Crippen molar-refractivity contribution in [2.45, 2.75) is 51.0 Å². The molecule has 2 aromatic heterocycles. The molecular formula is C21H25FN6O2. The molecule has 1 saturated carbocycles. The number of rotatable bonds is 5. The van der Waals surface area contributed by atoms with Gasteiger partial charge in [0.05, 0.1) is 11.9 Å². The first-order chi connectivity index (χ1) is 14.5. The lowest BCUT2D eigenvalue weighted by Crippen LogP contribution is -2.35. The normalized spacial score (nSPS) is 22.0. The lowest BCUT2D eigenvalue weighted by atomic mass is 9.86.